The summed E-state index contributed by atoms with van der Waals surface area (Å²) >= 11 is 0. The lowest BCUT2D eigenvalue weighted by Gasteiger charge is -2.04. The van der Waals surface area contributed by atoms with Gasteiger partial charge in [0.15, 0.2) is 6.29 Å². The number of hydrogen-bond donors (Lipinski definition) is 0. The molecule has 0 aliphatic heterocycles. The summed E-state index contributed by atoms with van der Waals surface area (Å²) in [6.07, 6.45) is 6.04. The minimum atomic E-state index is 0.630. The van der Waals surface area contributed by atoms with Crippen molar-refractivity contribution < 1.29 is 4.79 Å². The average Bonchev–Trinajstić information content (AvgIpc) is 2.89. The summed E-state index contributed by atoms with van der Waals surface area (Å²) in [4.78, 5) is 11.3. The Bertz CT molecular complexity index is 582. The van der Waals surface area contributed by atoms with E-state index in [0.29, 0.717) is 11.5 Å². The van der Waals surface area contributed by atoms with Crippen LogP contribution in [0.25, 0.3) is 11.3 Å². The maximum Gasteiger partial charge on any atom is 0.153 e. The van der Waals surface area contributed by atoms with Crippen LogP contribution in [0.15, 0.2) is 30.5 Å². The van der Waals surface area contributed by atoms with Gasteiger partial charge in [-0.2, -0.15) is 5.10 Å². The van der Waals surface area contributed by atoms with E-state index in [1.807, 2.05) is 10.9 Å². The number of aldehydes is 1. The largest absolute Gasteiger partial charge is 0.298 e. The molecule has 0 spiro atoms. The standard InChI is InChI=1S/C18H24N2O/c1-4-5-15-6-8-16(9-7-15)18-17(13-21)12-20(19-18)11-10-14(2)3/h6-9,12-14H,4-5,10-11H2,1-3H3. The molecular weight excluding hydrogens is 260 g/mol. The predicted molar refractivity (Wildman–Crippen MR) is 86.5 cm³/mol. The van der Waals surface area contributed by atoms with Gasteiger partial charge in [0, 0.05) is 18.3 Å². The van der Waals surface area contributed by atoms with Gasteiger partial charge in [-0.3, -0.25) is 9.48 Å². The van der Waals surface area contributed by atoms with Crippen molar-refractivity contribution in [1.82, 2.24) is 9.78 Å². The Morgan fingerprint density at radius 1 is 1.24 bits per heavy atom. The summed E-state index contributed by atoms with van der Waals surface area (Å²) < 4.78 is 1.89. The topological polar surface area (TPSA) is 34.9 Å². The molecule has 0 amide bonds. The van der Waals surface area contributed by atoms with Crippen LogP contribution >= 0.6 is 0 Å². The zero-order valence-electron chi connectivity index (χ0n) is 13.2. The molecule has 0 unspecified atom stereocenters. The number of benzene rings is 1. The zero-order valence-corrected chi connectivity index (χ0v) is 13.2. The molecule has 1 heterocycles. The third-order valence-electron chi connectivity index (χ3n) is 3.62. The molecule has 112 valence electrons. The van der Waals surface area contributed by atoms with Gasteiger partial charge >= 0.3 is 0 Å². The summed E-state index contributed by atoms with van der Waals surface area (Å²) in [5.74, 6) is 0.630. The first-order chi connectivity index (χ1) is 10.1. The van der Waals surface area contributed by atoms with Gasteiger partial charge in [0.1, 0.15) is 5.69 Å². The molecule has 21 heavy (non-hydrogen) atoms. The SMILES string of the molecule is CCCc1ccc(-c2nn(CCC(C)C)cc2C=O)cc1. The highest BCUT2D eigenvalue weighted by Crippen LogP contribution is 2.22. The first-order valence-corrected chi connectivity index (χ1v) is 7.76. The molecular formula is C18H24N2O. The highest BCUT2D eigenvalue weighted by atomic mass is 16.1. The number of nitrogens with zero attached hydrogens (tertiary/aromatic N) is 2. The lowest BCUT2D eigenvalue weighted by molar-refractivity contribution is 0.112. The van der Waals surface area contributed by atoms with Gasteiger partial charge in [0.05, 0.1) is 5.56 Å². The number of carbonyl (C=O) groups excluding carboxylic acids is 1. The van der Waals surface area contributed by atoms with Gasteiger partial charge in [-0.05, 0) is 24.3 Å². The van der Waals surface area contributed by atoms with Gasteiger partial charge in [-0.1, -0.05) is 51.5 Å². The summed E-state index contributed by atoms with van der Waals surface area (Å²) in [6, 6.07) is 8.38. The maximum atomic E-state index is 11.3. The van der Waals surface area contributed by atoms with E-state index in [1.54, 1.807) is 0 Å². The molecule has 3 heteroatoms. The van der Waals surface area contributed by atoms with E-state index in [1.165, 1.54) is 5.56 Å². The molecule has 3 nitrogen and oxygen atoms in total. The number of aryl methyl sites for hydroxylation is 2. The molecule has 2 rings (SSSR count). The van der Waals surface area contributed by atoms with E-state index < -0.39 is 0 Å². The Kier molecular flexibility index (Phi) is 5.32. The minimum Gasteiger partial charge on any atom is -0.298 e. The molecule has 0 fully saturated rings. The van der Waals surface area contributed by atoms with Crippen molar-refractivity contribution in [3.05, 3.63) is 41.6 Å². The predicted octanol–water partition coefficient (Wildman–Crippen LogP) is 4.36. The van der Waals surface area contributed by atoms with E-state index >= 15 is 0 Å². The highest BCUT2D eigenvalue weighted by molar-refractivity contribution is 5.85. The van der Waals surface area contributed by atoms with Gasteiger partial charge in [0.25, 0.3) is 0 Å². The third-order valence-corrected chi connectivity index (χ3v) is 3.62. The molecule has 2 aromatic rings. The lowest BCUT2D eigenvalue weighted by atomic mass is 10.0. The number of hydrogen-bond acceptors (Lipinski definition) is 2. The van der Waals surface area contributed by atoms with Crippen LogP contribution in [0.2, 0.25) is 0 Å². The third kappa shape index (κ3) is 4.03. The molecule has 0 radical (unpaired) electrons. The summed E-state index contributed by atoms with van der Waals surface area (Å²) in [5, 5.41) is 4.58. The van der Waals surface area contributed by atoms with Crippen molar-refractivity contribution in [3.8, 4) is 11.3 Å². The van der Waals surface area contributed by atoms with Gasteiger partial charge in [-0.25, -0.2) is 0 Å². The first-order valence-electron chi connectivity index (χ1n) is 7.76. The minimum absolute atomic E-state index is 0.630. The smallest absolute Gasteiger partial charge is 0.153 e. The van der Waals surface area contributed by atoms with Gasteiger partial charge in [0.2, 0.25) is 0 Å². The molecule has 1 aromatic heterocycles. The fourth-order valence-corrected chi connectivity index (χ4v) is 2.37. The molecule has 0 bridgehead atoms. The van der Waals surface area contributed by atoms with E-state index in [0.717, 1.165) is 43.4 Å². The second-order valence-electron chi connectivity index (χ2n) is 5.94. The Morgan fingerprint density at radius 3 is 2.52 bits per heavy atom. The van der Waals surface area contributed by atoms with Crippen molar-refractivity contribution in [2.75, 3.05) is 0 Å². The van der Waals surface area contributed by atoms with Crippen molar-refractivity contribution in [1.29, 1.82) is 0 Å². The van der Waals surface area contributed by atoms with E-state index in [-0.39, 0.29) is 0 Å². The number of carbonyl (C=O) groups is 1. The van der Waals surface area contributed by atoms with E-state index in [4.69, 9.17) is 0 Å². The average molecular weight is 284 g/mol. The zero-order chi connectivity index (χ0) is 15.2. The summed E-state index contributed by atoms with van der Waals surface area (Å²) in [5.41, 5.74) is 3.80. The van der Waals surface area contributed by atoms with Crippen molar-refractivity contribution >= 4 is 6.29 Å². The molecule has 1 aromatic carbocycles. The quantitative estimate of drug-likeness (QED) is 0.708. The van der Waals surface area contributed by atoms with Crippen LogP contribution in [0.1, 0.15) is 49.5 Å². The van der Waals surface area contributed by atoms with Gasteiger partial charge in [-0.15, -0.1) is 0 Å². The fraction of sp³-hybridized carbons (Fsp3) is 0.444. The number of rotatable bonds is 7. The monoisotopic (exact) mass is 284 g/mol. The Hall–Kier alpha value is -1.90. The molecule has 0 saturated carbocycles. The Labute approximate surface area is 127 Å². The second kappa shape index (κ2) is 7.21. The van der Waals surface area contributed by atoms with Crippen LogP contribution in [0, 0.1) is 5.92 Å². The second-order valence-corrected chi connectivity index (χ2v) is 5.94. The Balaban J connectivity index is 2.23. The van der Waals surface area contributed by atoms with Crippen molar-refractivity contribution in [2.24, 2.45) is 5.92 Å². The van der Waals surface area contributed by atoms with Crippen molar-refractivity contribution in [2.45, 2.75) is 46.6 Å². The van der Waals surface area contributed by atoms with Crippen LogP contribution in [0.4, 0.5) is 0 Å². The highest BCUT2D eigenvalue weighted by Gasteiger charge is 2.11. The van der Waals surface area contributed by atoms with Crippen LogP contribution in [-0.2, 0) is 13.0 Å². The molecule has 0 saturated heterocycles. The fourth-order valence-electron chi connectivity index (χ4n) is 2.37. The summed E-state index contributed by atoms with van der Waals surface area (Å²) in [7, 11) is 0. The number of aromatic nitrogens is 2. The van der Waals surface area contributed by atoms with E-state index in [2.05, 4.69) is 50.1 Å². The van der Waals surface area contributed by atoms with Crippen LogP contribution in [0.3, 0.4) is 0 Å². The molecule has 0 aliphatic carbocycles. The first kappa shape index (κ1) is 15.5. The Morgan fingerprint density at radius 2 is 1.95 bits per heavy atom. The van der Waals surface area contributed by atoms with Crippen LogP contribution in [-0.4, -0.2) is 16.1 Å². The van der Waals surface area contributed by atoms with Crippen LogP contribution < -0.4 is 0 Å². The lowest BCUT2D eigenvalue weighted by Crippen LogP contribution is -2.02. The summed E-state index contributed by atoms with van der Waals surface area (Å²) in [6.45, 7) is 7.41. The van der Waals surface area contributed by atoms with Crippen LogP contribution in [0.5, 0.6) is 0 Å². The molecule has 0 aliphatic rings. The molecule has 0 N–H and O–H groups in total. The van der Waals surface area contributed by atoms with E-state index in [9.17, 15) is 4.79 Å². The molecule has 0 atom stereocenters. The van der Waals surface area contributed by atoms with Crippen molar-refractivity contribution in [3.63, 3.8) is 0 Å². The maximum absolute atomic E-state index is 11.3. The normalized spacial score (nSPS) is 11.0. The van der Waals surface area contributed by atoms with Gasteiger partial charge < -0.3 is 0 Å².